The molecule has 0 aromatic carbocycles. The Balaban J connectivity index is 1.70. The van der Waals surface area contributed by atoms with E-state index in [0.29, 0.717) is 35.6 Å². The van der Waals surface area contributed by atoms with E-state index in [-0.39, 0.29) is 30.3 Å². The third-order valence-electron chi connectivity index (χ3n) is 6.08. The van der Waals surface area contributed by atoms with Gasteiger partial charge in [-0.15, -0.1) is 0 Å². The first-order valence-electron chi connectivity index (χ1n) is 9.01. The molecule has 0 saturated carbocycles. The number of rotatable bonds is 6. The second kappa shape index (κ2) is 5.88. The molecule has 4 unspecified atom stereocenters. The number of nitrogens with one attached hydrogen (secondary N) is 2. The molecule has 4 atom stereocenters. The number of hydrogen-bond donors (Lipinski definition) is 3. The highest BCUT2D eigenvalue weighted by molar-refractivity contribution is 6.25. The summed E-state index contributed by atoms with van der Waals surface area (Å²) in [5.74, 6) is -0.883. The monoisotopic (exact) mass is 362 g/mol. The highest BCUT2D eigenvalue weighted by Gasteiger charge is 2.72. The van der Waals surface area contributed by atoms with Gasteiger partial charge >= 0.3 is 0 Å². The van der Waals surface area contributed by atoms with Crippen molar-refractivity contribution in [1.82, 2.24) is 20.4 Å². The van der Waals surface area contributed by atoms with Crippen molar-refractivity contribution in [3.05, 3.63) is 22.5 Å². The Hall–Kier alpha value is -1.74. The van der Waals surface area contributed by atoms with Gasteiger partial charge in [0, 0.05) is 43.9 Å². The van der Waals surface area contributed by atoms with Crippen LogP contribution in [0.25, 0.3) is 0 Å². The molecule has 0 amide bonds. The van der Waals surface area contributed by atoms with Crippen LogP contribution in [0.3, 0.4) is 0 Å². The van der Waals surface area contributed by atoms with Crippen molar-refractivity contribution in [3.63, 3.8) is 0 Å². The zero-order valence-corrected chi connectivity index (χ0v) is 15.6. The normalized spacial score (nSPS) is 35.3. The predicted octanol–water partition coefficient (Wildman–Crippen LogP) is -1.56. The molecule has 4 aliphatic rings. The summed E-state index contributed by atoms with van der Waals surface area (Å²) in [7, 11) is 5.49. The van der Waals surface area contributed by atoms with Crippen LogP contribution >= 0.6 is 0 Å². The number of fused-ring (bicyclic) bond motifs is 4. The van der Waals surface area contributed by atoms with Gasteiger partial charge in [0.1, 0.15) is 0 Å². The van der Waals surface area contributed by atoms with E-state index in [9.17, 15) is 14.7 Å². The number of aliphatic hydroxyl groups is 1. The van der Waals surface area contributed by atoms with Gasteiger partial charge in [0.15, 0.2) is 5.72 Å². The highest BCUT2D eigenvalue weighted by atomic mass is 16.5. The van der Waals surface area contributed by atoms with Crippen molar-refractivity contribution in [2.45, 2.75) is 24.7 Å². The number of ketones is 2. The summed E-state index contributed by atoms with van der Waals surface area (Å²) in [5.41, 5.74) is 0.742. The molecule has 3 aliphatic heterocycles. The molecule has 2 fully saturated rings. The van der Waals surface area contributed by atoms with E-state index < -0.39 is 11.6 Å². The SMILES string of the molecule is COC12C(CO)C3=C(C(=O)C(C)=C(NCCN(C)C)C3=O)N1CC1NC12. The van der Waals surface area contributed by atoms with Gasteiger partial charge in [-0.2, -0.15) is 0 Å². The number of hydrogen-bond acceptors (Lipinski definition) is 8. The smallest absolute Gasteiger partial charge is 0.208 e. The molecule has 142 valence electrons. The van der Waals surface area contributed by atoms with E-state index in [0.717, 1.165) is 6.54 Å². The third-order valence-corrected chi connectivity index (χ3v) is 6.08. The minimum absolute atomic E-state index is 0.0290. The van der Waals surface area contributed by atoms with Gasteiger partial charge in [0.2, 0.25) is 11.6 Å². The minimum atomic E-state index is -0.852. The van der Waals surface area contributed by atoms with Crippen LogP contribution in [0.5, 0.6) is 0 Å². The highest BCUT2D eigenvalue weighted by Crippen LogP contribution is 2.55. The number of piperazine rings is 1. The summed E-state index contributed by atoms with van der Waals surface area (Å²) in [5, 5.41) is 16.6. The van der Waals surface area contributed by atoms with E-state index in [1.807, 2.05) is 23.9 Å². The Labute approximate surface area is 152 Å². The molecule has 0 radical (unpaired) electrons. The Morgan fingerprint density at radius 2 is 2.12 bits per heavy atom. The summed E-state index contributed by atoms with van der Waals surface area (Å²) in [6.45, 7) is 3.38. The van der Waals surface area contributed by atoms with Crippen molar-refractivity contribution in [2.24, 2.45) is 5.92 Å². The van der Waals surface area contributed by atoms with Crippen LogP contribution in [-0.2, 0) is 14.3 Å². The molecule has 0 spiro atoms. The van der Waals surface area contributed by atoms with Crippen LogP contribution in [0.1, 0.15) is 6.92 Å². The molecule has 4 rings (SSSR count). The first-order chi connectivity index (χ1) is 12.4. The lowest BCUT2D eigenvalue weighted by Gasteiger charge is -2.39. The third kappa shape index (κ3) is 2.10. The predicted molar refractivity (Wildman–Crippen MR) is 94.0 cm³/mol. The number of methoxy groups -OCH3 is 1. The van der Waals surface area contributed by atoms with Crippen LogP contribution in [0.2, 0.25) is 0 Å². The lowest BCUT2D eigenvalue weighted by molar-refractivity contribution is -0.137. The molecule has 3 N–H and O–H groups in total. The van der Waals surface area contributed by atoms with E-state index in [1.54, 1.807) is 14.0 Å². The number of carbonyl (C=O) groups is 2. The fraction of sp³-hybridized carbons (Fsp3) is 0.667. The summed E-state index contributed by atoms with van der Waals surface area (Å²) in [6.07, 6.45) is 0. The van der Waals surface area contributed by atoms with Crippen LogP contribution in [0.15, 0.2) is 22.5 Å². The van der Waals surface area contributed by atoms with E-state index >= 15 is 0 Å². The summed E-state index contributed by atoms with van der Waals surface area (Å²) in [4.78, 5) is 30.3. The Morgan fingerprint density at radius 3 is 2.73 bits per heavy atom. The maximum Gasteiger partial charge on any atom is 0.208 e. The van der Waals surface area contributed by atoms with E-state index in [2.05, 4.69) is 10.6 Å². The van der Waals surface area contributed by atoms with Gasteiger partial charge in [-0.25, -0.2) is 0 Å². The second-order valence-electron chi connectivity index (χ2n) is 7.70. The fourth-order valence-electron chi connectivity index (χ4n) is 4.76. The topological polar surface area (TPSA) is 104 Å². The maximum atomic E-state index is 13.3. The van der Waals surface area contributed by atoms with E-state index in [1.165, 1.54) is 0 Å². The summed E-state index contributed by atoms with van der Waals surface area (Å²) < 4.78 is 5.86. The molecule has 1 aliphatic carbocycles. The standard InChI is InChI=1S/C18H26N4O4/c1-9-13(19-5-6-21(2)3)16(25)12-10(8-23)18(26-4)17-11(20-17)7-22(18)14(12)15(9)24/h10-11,17,19-20,23H,5-8H2,1-4H3. The number of carbonyl (C=O) groups excluding carboxylic acids is 2. The molecule has 0 aromatic heterocycles. The number of aliphatic hydroxyl groups excluding tert-OH is 1. The van der Waals surface area contributed by atoms with Crippen molar-refractivity contribution in [3.8, 4) is 0 Å². The molecule has 3 heterocycles. The van der Waals surface area contributed by atoms with Gasteiger partial charge in [0.25, 0.3) is 0 Å². The number of likely N-dealkylation sites (N-methyl/N-ethyl adjacent to an activating group) is 1. The Bertz CT molecular complexity index is 743. The second-order valence-corrected chi connectivity index (χ2v) is 7.70. The number of allylic oxidation sites excluding steroid dienone is 2. The first kappa shape index (κ1) is 17.7. The molecular formula is C18H26N4O4. The van der Waals surface area contributed by atoms with Gasteiger partial charge in [-0.3, -0.25) is 9.59 Å². The lowest BCUT2D eigenvalue weighted by Crippen LogP contribution is -2.54. The maximum absolute atomic E-state index is 13.3. The fourth-order valence-corrected chi connectivity index (χ4v) is 4.76. The van der Waals surface area contributed by atoms with Crippen LogP contribution in [-0.4, -0.2) is 91.7 Å². The van der Waals surface area contributed by atoms with Crippen molar-refractivity contribution >= 4 is 11.6 Å². The molecule has 2 saturated heterocycles. The van der Waals surface area contributed by atoms with Crippen molar-refractivity contribution in [2.75, 3.05) is 47.4 Å². The molecule has 26 heavy (non-hydrogen) atoms. The van der Waals surface area contributed by atoms with Crippen molar-refractivity contribution < 1.29 is 19.4 Å². The molecular weight excluding hydrogens is 336 g/mol. The van der Waals surface area contributed by atoms with Crippen LogP contribution in [0, 0.1) is 5.92 Å². The number of nitrogens with zero attached hydrogens (tertiary/aromatic N) is 2. The van der Waals surface area contributed by atoms with Gasteiger partial charge in [0.05, 0.1) is 30.0 Å². The lowest BCUT2D eigenvalue weighted by atomic mass is 9.82. The quantitative estimate of drug-likeness (QED) is 0.385. The summed E-state index contributed by atoms with van der Waals surface area (Å²) in [6, 6.07) is 0.270. The van der Waals surface area contributed by atoms with Crippen LogP contribution in [0.4, 0.5) is 0 Å². The van der Waals surface area contributed by atoms with Gasteiger partial charge in [-0.1, -0.05) is 0 Å². The zero-order chi connectivity index (χ0) is 18.8. The molecule has 0 aromatic rings. The molecule has 0 bridgehead atoms. The average Bonchev–Trinajstić information content (AvgIpc) is 3.21. The van der Waals surface area contributed by atoms with Crippen LogP contribution < -0.4 is 10.6 Å². The Kier molecular flexibility index (Phi) is 4.00. The largest absolute Gasteiger partial charge is 0.396 e. The molecule has 8 nitrogen and oxygen atoms in total. The number of ether oxygens (including phenoxy) is 1. The van der Waals surface area contributed by atoms with E-state index in [4.69, 9.17) is 4.74 Å². The van der Waals surface area contributed by atoms with Crippen molar-refractivity contribution in [1.29, 1.82) is 0 Å². The molecule has 8 heteroatoms. The Morgan fingerprint density at radius 1 is 1.38 bits per heavy atom. The first-order valence-corrected chi connectivity index (χ1v) is 9.01. The van der Waals surface area contributed by atoms with Gasteiger partial charge in [-0.05, 0) is 21.0 Å². The minimum Gasteiger partial charge on any atom is -0.396 e. The van der Waals surface area contributed by atoms with Gasteiger partial charge < -0.3 is 30.3 Å². The average molecular weight is 362 g/mol. The zero-order valence-electron chi connectivity index (χ0n) is 15.6. The summed E-state index contributed by atoms with van der Waals surface area (Å²) >= 11 is 0. The number of Topliss-reactive ketones (excluding diaryl/α,β-unsaturated/α-hetero) is 2.